The minimum Gasteiger partial charge on any atom is -0.454 e. The van der Waals surface area contributed by atoms with E-state index < -0.39 is 0 Å². The van der Waals surface area contributed by atoms with Crippen LogP contribution in [0, 0.1) is 6.92 Å². The smallest absolute Gasteiger partial charge is 0.260 e. The maximum atomic E-state index is 13.5. The number of ether oxygens (including phenoxy) is 2. The molecule has 0 N–H and O–H groups in total. The van der Waals surface area contributed by atoms with Crippen LogP contribution in [0.4, 0.5) is 5.13 Å². The molecule has 0 atom stereocenters. The Labute approximate surface area is 197 Å². The topological polar surface area (TPSA) is 54.9 Å². The zero-order valence-electron chi connectivity index (χ0n) is 17.7. The van der Waals surface area contributed by atoms with Crippen molar-refractivity contribution in [1.29, 1.82) is 0 Å². The molecular formula is C22H25Cl2N3O3S. The van der Waals surface area contributed by atoms with E-state index in [1.165, 1.54) is 11.3 Å². The zero-order chi connectivity index (χ0) is 21.3. The minimum absolute atomic E-state index is 0. The molecule has 166 valence electrons. The first-order valence-corrected chi connectivity index (χ1v) is 11.2. The van der Waals surface area contributed by atoms with E-state index in [2.05, 4.69) is 18.7 Å². The number of aromatic nitrogens is 1. The standard InChI is InChI=1S/C22H24ClN3O3S.ClH/c1-4-25(5-2)10-11-26(21(27)15-6-8-17-18(12-15)29-13-28-17)22-24-20-14(3)16(23)7-9-19(20)30-22;/h6-9,12H,4-5,10-11,13H2,1-3H3;1H. The molecule has 0 saturated heterocycles. The molecule has 1 amide bonds. The van der Waals surface area contributed by atoms with Crippen LogP contribution in [0.15, 0.2) is 30.3 Å². The van der Waals surface area contributed by atoms with Gasteiger partial charge in [0.05, 0.1) is 10.2 Å². The monoisotopic (exact) mass is 481 g/mol. The normalized spacial score (nSPS) is 12.3. The number of aryl methyl sites for hydroxylation is 1. The van der Waals surface area contributed by atoms with E-state index in [4.69, 9.17) is 26.1 Å². The van der Waals surface area contributed by atoms with Gasteiger partial charge in [-0.25, -0.2) is 4.98 Å². The van der Waals surface area contributed by atoms with Crippen molar-refractivity contribution >= 4 is 56.6 Å². The van der Waals surface area contributed by atoms with Gasteiger partial charge in [0.25, 0.3) is 5.91 Å². The fourth-order valence-electron chi connectivity index (χ4n) is 3.45. The first-order chi connectivity index (χ1) is 14.5. The average molecular weight is 482 g/mol. The molecule has 0 saturated carbocycles. The molecule has 3 aromatic rings. The van der Waals surface area contributed by atoms with Crippen LogP contribution in [0.1, 0.15) is 29.8 Å². The van der Waals surface area contributed by atoms with E-state index in [-0.39, 0.29) is 25.1 Å². The molecule has 0 spiro atoms. The van der Waals surface area contributed by atoms with E-state index in [0.717, 1.165) is 35.4 Å². The molecule has 1 aliphatic heterocycles. The van der Waals surface area contributed by atoms with Crippen LogP contribution in [-0.4, -0.2) is 48.8 Å². The van der Waals surface area contributed by atoms with Crippen molar-refractivity contribution in [1.82, 2.24) is 9.88 Å². The van der Waals surface area contributed by atoms with Crippen LogP contribution >= 0.6 is 35.3 Å². The summed E-state index contributed by atoms with van der Waals surface area (Å²) in [6.07, 6.45) is 0. The highest BCUT2D eigenvalue weighted by atomic mass is 35.5. The molecule has 0 bridgehead atoms. The number of halogens is 2. The van der Waals surface area contributed by atoms with Crippen LogP contribution in [-0.2, 0) is 0 Å². The first kappa shape index (κ1) is 23.6. The van der Waals surface area contributed by atoms with Crippen molar-refractivity contribution < 1.29 is 14.3 Å². The van der Waals surface area contributed by atoms with E-state index in [0.29, 0.717) is 33.8 Å². The molecular weight excluding hydrogens is 457 g/mol. The lowest BCUT2D eigenvalue weighted by Crippen LogP contribution is -2.38. The average Bonchev–Trinajstić information content (AvgIpc) is 3.40. The predicted molar refractivity (Wildman–Crippen MR) is 129 cm³/mol. The highest BCUT2D eigenvalue weighted by molar-refractivity contribution is 7.22. The van der Waals surface area contributed by atoms with E-state index in [1.54, 1.807) is 23.1 Å². The van der Waals surface area contributed by atoms with E-state index >= 15 is 0 Å². The van der Waals surface area contributed by atoms with Gasteiger partial charge in [-0.3, -0.25) is 9.69 Å². The van der Waals surface area contributed by atoms with Crippen molar-refractivity contribution in [3.8, 4) is 11.5 Å². The molecule has 2 heterocycles. The van der Waals surface area contributed by atoms with Crippen molar-refractivity contribution in [3.05, 3.63) is 46.5 Å². The van der Waals surface area contributed by atoms with E-state index in [9.17, 15) is 4.79 Å². The van der Waals surface area contributed by atoms with Gasteiger partial charge in [-0.05, 0) is 55.9 Å². The number of hydrogen-bond donors (Lipinski definition) is 0. The molecule has 0 unspecified atom stereocenters. The van der Waals surface area contributed by atoms with Gasteiger partial charge >= 0.3 is 0 Å². The van der Waals surface area contributed by atoms with Gasteiger partial charge in [0.1, 0.15) is 0 Å². The largest absolute Gasteiger partial charge is 0.454 e. The summed E-state index contributed by atoms with van der Waals surface area (Å²) in [5.74, 6) is 1.14. The van der Waals surface area contributed by atoms with Gasteiger partial charge in [0, 0.05) is 23.7 Å². The lowest BCUT2D eigenvalue weighted by atomic mass is 10.1. The number of anilines is 1. The molecule has 6 nitrogen and oxygen atoms in total. The summed E-state index contributed by atoms with van der Waals surface area (Å²) >= 11 is 7.79. The van der Waals surface area contributed by atoms with Crippen molar-refractivity contribution in [2.24, 2.45) is 0 Å². The van der Waals surface area contributed by atoms with Gasteiger partial charge in [0.15, 0.2) is 16.6 Å². The van der Waals surface area contributed by atoms with E-state index in [1.807, 2.05) is 19.1 Å². The zero-order valence-corrected chi connectivity index (χ0v) is 20.1. The SMILES string of the molecule is CCN(CC)CCN(C(=O)c1ccc2c(c1)OCO2)c1nc2c(C)c(Cl)ccc2s1.Cl. The number of carbonyl (C=O) groups is 1. The molecule has 9 heteroatoms. The molecule has 0 aliphatic carbocycles. The molecule has 0 radical (unpaired) electrons. The molecule has 31 heavy (non-hydrogen) atoms. The quantitative estimate of drug-likeness (QED) is 0.452. The van der Waals surface area contributed by atoms with Crippen molar-refractivity contribution in [2.45, 2.75) is 20.8 Å². The lowest BCUT2D eigenvalue weighted by Gasteiger charge is -2.24. The lowest BCUT2D eigenvalue weighted by molar-refractivity contribution is 0.0983. The Morgan fingerprint density at radius 3 is 2.61 bits per heavy atom. The summed E-state index contributed by atoms with van der Waals surface area (Å²) in [6, 6.07) is 9.13. The van der Waals surface area contributed by atoms with Crippen LogP contribution in [0.25, 0.3) is 10.2 Å². The second kappa shape index (κ2) is 10.0. The third kappa shape index (κ3) is 4.75. The Bertz CT molecular complexity index is 1090. The Morgan fingerprint density at radius 1 is 1.13 bits per heavy atom. The summed E-state index contributed by atoms with van der Waals surface area (Å²) < 4.78 is 11.8. The Morgan fingerprint density at radius 2 is 1.87 bits per heavy atom. The minimum atomic E-state index is -0.108. The van der Waals surface area contributed by atoms with Gasteiger partial charge in [-0.1, -0.05) is 36.8 Å². The Hall–Kier alpha value is -2.06. The maximum absolute atomic E-state index is 13.5. The Balaban J connectivity index is 0.00000272. The van der Waals surface area contributed by atoms with Crippen molar-refractivity contribution in [3.63, 3.8) is 0 Å². The Kier molecular flexibility index (Phi) is 7.64. The summed E-state index contributed by atoms with van der Waals surface area (Å²) in [5.41, 5.74) is 2.32. The number of benzene rings is 2. The summed E-state index contributed by atoms with van der Waals surface area (Å²) in [4.78, 5) is 22.3. The second-order valence-electron chi connectivity index (χ2n) is 7.07. The van der Waals surface area contributed by atoms with Crippen LogP contribution in [0.2, 0.25) is 5.02 Å². The fourth-order valence-corrected chi connectivity index (χ4v) is 4.66. The van der Waals surface area contributed by atoms with Crippen LogP contribution < -0.4 is 14.4 Å². The number of nitrogens with zero attached hydrogens (tertiary/aromatic N) is 3. The van der Waals surface area contributed by atoms with Crippen molar-refractivity contribution in [2.75, 3.05) is 37.9 Å². The summed E-state index contributed by atoms with van der Waals surface area (Å²) in [5, 5.41) is 1.35. The molecule has 1 aromatic heterocycles. The number of hydrogen-bond acceptors (Lipinski definition) is 6. The molecule has 4 rings (SSSR count). The summed E-state index contributed by atoms with van der Waals surface area (Å²) in [6.45, 7) is 9.53. The predicted octanol–water partition coefficient (Wildman–Crippen LogP) is 5.40. The van der Waals surface area contributed by atoms with Crippen LogP contribution in [0.5, 0.6) is 11.5 Å². The van der Waals surface area contributed by atoms with Gasteiger partial charge in [0.2, 0.25) is 6.79 Å². The number of amides is 1. The highest BCUT2D eigenvalue weighted by Gasteiger charge is 2.24. The number of rotatable bonds is 7. The van der Waals surface area contributed by atoms with Gasteiger partial charge < -0.3 is 14.4 Å². The maximum Gasteiger partial charge on any atom is 0.260 e. The second-order valence-corrected chi connectivity index (χ2v) is 8.48. The van der Waals surface area contributed by atoms with Crippen LogP contribution in [0.3, 0.4) is 0 Å². The van der Waals surface area contributed by atoms with Gasteiger partial charge in [-0.15, -0.1) is 12.4 Å². The molecule has 0 fully saturated rings. The first-order valence-electron chi connectivity index (χ1n) is 10.0. The number of carbonyl (C=O) groups excluding carboxylic acids is 1. The third-order valence-corrected chi connectivity index (χ3v) is 6.82. The number of likely N-dealkylation sites (N-methyl/N-ethyl adjacent to an activating group) is 1. The third-order valence-electron chi connectivity index (χ3n) is 5.37. The fraction of sp³-hybridized carbons (Fsp3) is 0.364. The summed E-state index contributed by atoms with van der Waals surface area (Å²) in [7, 11) is 0. The number of fused-ring (bicyclic) bond motifs is 2. The molecule has 1 aliphatic rings. The highest BCUT2D eigenvalue weighted by Crippen LogP contribution is 2.36. The molecule has 2 aromatic carbocycles. The van der Waals surface area contributed by atoms with Gasteiger partial charge in [-0.2, -0.15) is 0 Å². The number of thiazole rings is 1.